The van der Waals surface area contributed by atoms with Gasteiger partial charge in [-0.15, -0.1) is 12.4 Å². The molecule has 118 valence electrons. The first-order chi connectivity index (χ1) is 9.49. The number of hydrogen-bond donors (Lipinski definition) is 2. The Morgan fingerprint density at radius 3 is 2.38 bits per heavy atom. The van der Waals surface area contributed by atoms with Crippen molar-refractivity contribution in [3.8, 4) is 0 Å². The van der Waals surface area contributed by atoms with Crippen molar-refractivity contribution in [2.75, 3.05) is 18.5 Å². The first kappa shape index (κ1) is 17.7. The summed E-state index contributed by atoms with van der Waals surface area (Å²) in [5, 5.41) is 2.19. The maximum absolute atomic E-state index is 13.4. The standard InChI is InChI=1S/C13H15F3N2O2.ClH/c14-8-5-10(16)11(6-9(8)15)18-13(19)12(17)7-1-3-20-4-2-7;/h5-7,12H,1-4,17H2,(H,18,19);1H. The average Bonchev–Trinajstić information content (AvgIpc) is 2.44. The maximum atomic E-state index is 13.4. The number of nitrogens with two attached hydrogens (primary N) is 1. The molecule has 3 N–H and O–H groups in total. The van der Waals surface area contributed by atoms with Gasteiger partial charge < -0.3 is 15.8 Å². The molecule has 4 nitrogen and oxygen atoms in total. The number of amides is 1. The second kappa shape index (κ2) is 7.63. The fraction of sp³-hybridized carbons (Fsp3) is 0.462. The Labute approximate surface area is 126 Å². The largest absolute Gasteiger partial charge is 0.381 e. The molecule has 0 radical (unpaired) electrons. The molecule has 1 unspecified atom stereocenters. The summed E-state index contributed by atoms with van der Waals surface area (Å²) in [6, 6.07) is 0.135. The van der Waals surface area contributed by atoms with Gasteiger partial charge in [-0.1, -0.05) is 0 Å². The van der Waals surface area contributed by atoms with Gasteiger partial charge >= 0.3 is 0 Å². The summed E-state index contributed by atoms with van der Waals surface area (Å²) in [6.45, 7) is 1.04. The topological polar surface area (TPSA) is 64.4 Å². The highest BCUT2D eigenvalue weighted by Crippen LogP contribution is 2.21. The molecule has 0 saturated carbocycles. The fourth-order valence-corrected chi connectivity index (χ4v) is 2.12. The first-order valence-electron chi connectivity index (χ1n) is 6.27. The SMILES string of the molecule is Cl.NC(C(=O)Nc1cc(F)c(F)cc1F)C1CCOCC1. The van der Waals surface area contributed by atoms with Crippen molar-refractivity contribution in [2.45, 2.75) is 18.9 Å². The van der Waals surface area contributed by atoms with Gasteiger partial charge in [-0.3, -0.25) is 4.79 Å². The molecule has 0 aliphatic carbocycles. The zero-order chi connectivity index (χ0) is 14.7. The van der Waals surface area contributed by atoms with Crippen LogP contribution in [0.5, 0.6) is 0 Å². The third kappa shape index (κ3) is 4.33. The molecule has 0 bridgehead atoms. The van der Waals surface area contributed by atoms with Crippen molar-refractivity contribution in [3.63, 3.8) is 0 Å². The van der Waals surface area contributed by atoms with Crippen LogP contribution in [0, 0.1) is 23.4 Å². The summed E-state index contributed by atoms with van der Waals surface area (Å²) in [5.74, 6) is -4.29. The number of benzene rings is 1. The van der Waals surface area contributed by atoms with Gasteiger partial charge in [0.1, 0.15) is 5.82 Å². The molecule has 1 aliphatic rings. The Hall–Kier alpha value is -1.31. The fourth-order valence-electron chi connectivity index (χ4n) is 2.12. The lowest BCUT2D eigenvalue weighted by molar-refractivity contribution is -0.119. The Bertz CT molecular complexity index is 510. The third-order valence-corrected chi connectivity index (χ3v) is 3.34. The van der Waals surface area contributed by atoms with E-state index >= 15 is 0 Å². The Kier molecular flexibility index (Phi) is 6.44. The molecule has 21 heavy (non-hydrogen) atoms. The molecular weight excluding hydrogens is 309 g/mol. The molecule has 1 atom stereocenters. The molecule has 1 amide bonds. The molecule has 0 spiro atoms. The van der Waals surface area contributed by atoms with Crippen LogP contribution in [0.25, 0.3) is 0 Å². The molecule has 0 aromatic heterocycles. The summed E-state index contributed by atoms with van der Waals surface area (Å²) in [4.78, 5) is 11.9. The van der Waals surface area contributed by atoms with Crippen molar-refractivity contribution in [1.82, 2.24) is 0 Å². The molecule has 2 rings (SSSR count). The predicted molar refractivity (Wildman–Crippen MR) is 73.7 cm³/mol. The highest BCUT2D eigenvalue weighted by molar-refractivity contribution is 5.95. The molecule has 1 aromatic rings. The molecule has 1 aliphatic heterocycles. The average molecular weight is 325 g/mol. The van der Waals surface area contributed by atoms with Crippen molar-refractivity contribution >= 4 is 24.0 Å². The number of carbonyl (C=O) groups is 1. The minimum atomic E-state index is -1.31. The van der Waals surface area contributed by atoms with E-state index in [1.165, 1.54) is 0 Å². The van der Waals surface area contributed by atoms with Crippen LogP contribution in [-0.4, -0.2) is 25.2 Å². The van der Waals surface area contributed by atoms with E-state index in [-0.39, 0.29) is 18.3 Å². The van der Waals surface area contributed by atoms with Crippen LogP contribution in [0.15, 0.2) is 12.1 Å². The highest BCUT2D eigenvalue weighted by atomic mass is 35.5. The minimum Gasteiger partial charge on any atom is -0.381 e. The maximum Gasteiger partial charge on any atom is 0.241 e. The van der Waals surface area contributed by atoms with Crippen LogP contribution in [-0.2, 0) is 9.53 Å². The number of rotatable bonds is 3. The Morgan fingerprint density at radius 1 is 1.19 bits per heavy atom. The zero-order valence-electron chi connectivity index (χ0n) is 11.1. The van der Waals surface area contributed by atoms with Gasteiger partial charge in [0.2, 0.25) is 5.91 Å². The van der Waals surface area contributed by atoms with Gasteiger partial charge in [0.15, 0.2) is 11.6 Å². The zero-order valence-corrected chi connectivity index (χ0v) is 11.9. The van der Waals surface area contributed by atoms with Gasteiger partial charge in [-0.25, -0.2) is 13.2 Å². The van der Waals surface area contributed by atoms with Crippen LogP contribution < -0.4 is 11.1 Å². The van der Waals surface area contributed by atoms with Gasteiger partial charge in [-0.05, 0) is 18.8 Å². The van der Waals surface area contributed by atoms with Gasteiger partial charge in [0.25, 0.3) is 0 Å². The van der Waals surface area contributed by atoms with Gasteiger partial charge in [0.05, 0.1) is 11.7 Å². The van der Waals surface area contributed by atoms with Crippen LogP contribution in [0.4, 0.5) is 18.9 Å². The van der Waals surface area contributed by atoms with Crippen molar-refractivity contribution < 1.29 is 22.7 Å². The van der Waals surface area contributed by atoms with Gasteiger partial charge in [0, 0.05) is 25.3 Å². The number of halogens is 4. The van der Waals surface area contributed by atoms with E-state index in [2.05, 4.69) is 5.32 Å². The van der Waals surface area contributed by atoms with Crippen LogP contribution in [0.1, 0.15) is 12.8 Å². The Morgan fingerprint density at radius 2 is 1.76 bits per heavy atom. The quantitative estimate of drug-likeness (QED) is 0.838. The third-order valence-electron chi connectivity index (χ3n) is 3.34. The first-order valence-corrected chi connectivity index (χ1v) is 6.27. The molecule has 1 saturated heterocycles. The summed E-state index contributed by atoms with van der Waals surface area (Å²) >= 11 is 0. The van der Waals surface area contributed by atoms with E-state index in [0.717, 1.165) is 0 Å². The highest BCUT2D eigenvalue weighted by Gasteiger charge is 2.27. The molecule has 1 aromatic carbocycles. The normalized spacial score (nSPS) is 17.0. The lowest BCUT2D eigenvalue weighted by Gasteiger charge is -2.26. The predicted octanol–water partition coefficient (Wildman–Crippen LogP) is 2.22. The van der Waals surface area contributed by atoms with Crippen molar-refractivity contribution in [1.29, 1.82) is 0 Å². The molecule has 1 heterocycles. The number of ether oxygens (including phenoxy) is 1. The number of nitrogens with one attached hydrogen (secondary N) is 1. The van der Waals surface area contributed by atoms with Crippen LogP contribution in [0.3, 0.4) is 0 Å². The van der Waals surface area contributed by atoms with E-state index in [1.54, 1.807) is 0 Å². The summed E-state index contributed by atoms with van der Waals surface area (Å²) in [6.07, 6.45) is 1.27. The van der Waals surface area contributed by atoms with Crippen molar-refractivity contribution in [2.24, 2.45) is 11.7 Å². The second-order valence-corrected chi connectivity index (χ2v) is 4.71. The van der Waals surface area contributed by atoms with E-state index < -0.39 is 35.1 Å². The van der Waals surface area contributed by atoms with Crippen LogP contribution >= 0.6 is 12.4 Å². The molecule has 1 fully saturated rings. The van der Waals surface area contributed by atoms with Crippen LogP contribution in [0.2, 0.25) is 0 Å². The van der Waals surface area contributed by atoms with Gasteiger partial charge in [-0.2, -0.15) is 0 Å². The lowest BCUT2D eigenvalue weighted by atomic mass is 9.92. The summed E-state index contributed by atoms with van der Waals surface area (Å²) in [7, 11) is 0. The van der Waals surface area contributed by atoms with E-state index in [9.17, 15) is 18.0 Å². The lowest BCUT2D eigenvalue weighted by Crippen LogP contribution is -2.44. The van der Waals surface area contributed by atoms with E-state index in [1.807, 2.05) is 0 Å². The summed E-state index contributed by atoms with van der Waals surface area (Å²) in [5.41, 5.74) is 5.38. The second-order valence-electron chi connectivity index (χ2n) is 4.71. The summed E-state index contributed by atoms with van der Waals surface area (Å²) < 4.78 is 44.4. The Balaban J connectivity index is 0.00000220. The molecular formula is C13H16ClF3N2O2. The smallest absolute Gasteiger partial charge is 0.241 e. The van der Waals surface area contributed by atoms with E-state index in [4.69, 9.17) is 10.5 Å². The van der Waals surface area contributed by atoms with E-state index in [0.29, 0.717) is 38.2 Å². The number of hydrogen-bond acceptors (Lipinski definition) is 3. The number of anilines is 1. The minimum absolute atomic E-state index is 0. The number of carbonyl (C=O) groups excluding carboxylic acids is 1. The monoisotopic (exact) mass is 324 g/mol. The van der Waals surface area contributed by atoms with Crippen molar-refractivity contribution in [3.05, 3.63) is 29.6 Å². The molecule has 8 heteroatoms.